The molecule has 3 amide bonds. The van der Waals surface area contributed by atoms with Crippen LogP contribution in [0.4, 0.5) is 4.39 Å². The Kier molecular flexibility index (Phi) is 7.93. The predicted octanol–water partition coefficient (Wildman–Crippen LogP) is 2.91. The fraction of sp³-hybridized carbons (Fsp3) is 0.444. The minimum absolute atomic E-state index is 0.000954. The van der Waals surface area contributed by atoms with Crippen molar-refractivity contribution in [3.63, 3.8) is 0 Å². The molecule has 180 valence electrons. The highest BCUT2D eigenvalue weighted by molar-refractivity contribution is 5.82. The van der Waals surface area contributed by atoms with Gasteiger partial charge >= 0.3 is 0 Å². The average Bonchev–Trinajstić information content (AvgIpc) is 2.89. The standard InChI is InChI=1S/C27H32FN3O3/c28-24-9-6-22(7-10-24)20-26(33)30-16-18-31(19-17-30)27(34)23-12-14-29(15-13-23)25(32)11-8-21-4-2-1-3-5-21/h1-7,9-10,23H,8,11-20H2. The summed E-state index contributed by atoms with van der Waals surface area (Å²) < 4.78 is 13.1. The molecule has 2 aromatic rings. The second-order valence-corrected chi connectivity index (χ2v) is 9.15. The van der Waals surface area contributed by atoms with Gasteiger partial charge in [0.25, 0.3) is 0 Å². The Hall–Kier alpha value is -3.22. The lowest BCUT2D eigenvalue weighted by molar-refractivity contribution is -0.144. The van der Waals surface area contributed by atoms with Crippen LogP contribution >= 0.6 is 0 Å². The Morgan fingerprint density at radius 2 is 1.29 bits per heavy atom. The maximum absolute atomic E-state index is 13.1. The topological polar surface area (TPSA) is 60.9 Å². The molecule has 2 heterocycles. The number of benzene rings is 2. The van der Waals surface area contributed by atoms with Crippen molar-refractivity contribution in [2.24, 2.45) is 5.92 Å². The molecule has 4 rings (SSSR count). The van der Waals surface area contributed by atoms with E-state index in [0.717, 1.165) is 17.5 Å². The third-order valence-corrected chi connectivity index (χ3v) is 6.88. The average molecular weight is 466 g/mol. The van der Waals surface area contributed by atoms with E-state index in [2.05, 4.69) is 0 Å². The molecule has 34 heavy (non-hydrogen) atoms. The van der Waals surface area contributed by atoms with Crippen LogP contribution in [0.3, 0.4) is 0 Å². The molecular formula is C27H32FN3O3. The summed E-state index contributed by atoms with van der Waals surface area (Å²) in [6, 6.07) is 16.0. The van der Waals surface area contributed by atoms with E-state index in [4.69, 9.17) is 0 Å². The van der Waals surface area contributed by atoms with E-state index in [9.17, 15) is 18.8 Å². The molecule has 0 bridgehead atoms. The van der Waals surface area contributed by atoms with Gasteiger partial charge in [-0.25, -0.2) is 4.39 Å². The summed E-state index contributed by atoms with van der Waals surface area (Å²) in [5, 5.41) is 0. The lowest BCUT2D eigenvalue weighted by Gasteiger charge is -2.38. The highest BCUT2D eigenvalue weighted by Gasteiger charge is 2.32. The molecule has 0 unspecified atom stereocenters. The highest BCUT2D eigenvalue weighted by Crippen LogP contribution is 2.22. The van der Waals surface area contributed by atoms with Gasteiger partial charge in [0.1, 0.15) is 5.82 Å². The minimum atomic E-state index is -0.314. The number of piperazine rings is 1. The zero-order chi connectivity index (χ0) is 23.9. The van der Waals surface area contributed by atoms with E-state index in [1.165, 1.54) is 12.1 Å². The summed E-state index contributed by atoms with van der Waals surface area (Å²) >= 11 is 0. The molecule has 6 nitrogen and oxygen atoms in total. The number of carbonyl (C=O) groups is 3. The van der Waals surface area contributed by atoms with E-state index in [1.54, 1.807) is 17.0 Å². The van der Waals surface area contributed by atoms with Gasteiger partial charge in [0, 0.05) is 51.6 Å². The van der Waals surface area contributed by atoms with Gasteiger partial charge in [-0.2, -0.15) is 0 Å². The number of hydrogen-bond acceptors (Lipinski definition) is 3. The zero-order valence-corrected chi connectivity index (χ0v) is 19.5. The smallest absolute Gasteiger partial charge is 0.227 e. The largest absolute Gasteiger partial charge is 0.343 e. The zero-order valence-electron chi connectivity index (χ0n) is 19.5. The van der Waals surface area contributed by atoms with E-state index in [1.807, 2.05) is 40.1 Å². The summed E-state index contributed by atoms with van der Waals surface area (Å²) in [6.07, 6.45) is 2.86. The van der Waals surface area contributed by atoms with Gasteiger partial charge in [0.05, 0.1) is 6.42 Å². The molecule has 0 spiro atoms. The lowest BCUT2D eigenvalue weighted by atomic mass is 9.94. The number of amides is 3. The molecule has 2 fully saturated rings. The quantitative estimate of drug-likeness (QED) is 0.659. The molecule has 0 N–H and O–H groups in total. The van der Waals surface area contributed by atoms with E-state index in [-0.39, 0.29) is 35.9 Å². The molecule has 0 atom stereocenters. The molecule has 0 aliphatic carbocycles. The van der Waals surface area contributed by atoms with Gasteiger partial charge in [-0.3, -0.25) is 14.4 Å². The fourth-order valence-corrected chi connectivity index (χ4v) is 4.75. The SMILES string of the molecule is O=C(CCc1ccccc1)N1CCC(C(=O)N2CCN(C(=O)Cc3ccc(F)cc3)CC2)CC1. The lowest BCUT2D eigenvalue weighted by Crippen LogP contribution is -2.53. The molecule has 2 aliphatic rings. The van der Waals surface area contributed by atoms with Crippen LogP contribution < -0.4 is 0 Å². The monoisotopic (exact) mass is 465 g/mol. The van der Waals surface area contributed by atoms with Crippen molar-refractivity contribution in [3.05, 3.63) is 71.5 Å². The maximum Gasteiger partial charge on any atom is 0.227 e. The van der Waals surface area contributed by atoms with Gasteiger partial charge in [0.2, 0.25) is 17.7 Å². The van der Waals surface area contributed by atoms with Gasteiger partial charge in [-0.1, -0.05) is 42.5 Å². The van der Waals surface area contributed by atoms with Crippen molar-refractivity contribution in [1.29, 1.82) is 0 Å². The first-order valence-electron chi connectivity index (χ1n) is 12.1. The molecule has 0 saturated carbocycles. The second kappa shape index (κ2) is 11.3. The normalized spacial score (nSPS) is 17.0. The summed E-state index contributed by atoms with van der Waals surface area (Å²) in [5.74, 6) is -0.0727. The summed E-state index contributed by atoms with van der Waals surface area (Å²) in [6.45, 7) is 3.35. The Morgan fingerprint density at radius 3 is 1.94 bits per heavy atom. The van der Waals surface area contributed by atoms with Crippen molar-refractivity contribution in [1.82, 2.24) is 14.7 Å². The van der Waals surface area contributed by atoms with Crippen LogP contribution in [0.2, 0.25) is 0 Å². The second-order valence-electron chi connectivity index (χ2n) is 9.15. The van der Waals surface area contributed by atoms with Crippen LogP contribution in [0.1, 0.15) is 30.4 Å². The Balaban J connectivity index is 1.18. The number of carbonyl (C=O) groups excluding carboxylic acids is 3. The van der Waals surface area contributed by atoms with Gasteiger partial charge in [0.15, 0.2) is 0 Å². The predicted molar refractivity (Wildman–Crippen MR) is 127 cm³/mol. The molecule has 0 aromatic heterocycles. The number of likely N-dealkylation sites (tertiary alicyclic amines) is 1. The van der Waals surface area contributed by atoms with Gasteiger partial charge in [-0.15, -0.1) is 0 Å². The molecule has 0 radical (unpaired) electrons. The number of halogens is 1. The Morgan fingerprint density at radius 1 is 0.706 bits per heavy atom. The van der Waals surface area contributed by atoms with Crippen LogP contribution in [0, 0.1) is 11.7 Å². The van der Waals surface area contributed by atoms with Crippen molar-refractivity contribution in [2.45, 2.75) is 32.1 Å². The third kappa shape index (κ3) is 6.22. The van der Waals surface area contributed by atoms with Crippen molar-refractivity contribution in [2.75, 3.05) is 39.3 Å². The van der Waals surface area contributed by atoms with Crippen LogP contribution in [0.15, 0.2) is 54.6 Å². The third-order valence-electron chi connectivity index (χ3n) is 6.88. The first kappa shape index (κ1) is 23.9. The minimum Gasteiger partial charge on any atom is -0.343 e. The Bertz CT molecular complexity index is 980. The van der Waals surface area contributed by atoms with Gasteiger partial charge < -0.3 is 14.7 Å². The van der Waals surface area contributed by atoms with Crippen LogP contribution in [0.25, 0.3) is 0 Å². The van der Waals surface area contributed by atoms with E-state index < -0.39 is 0 Å². The maximum atomic E-state index is 13.1. The number of nitrogens with zero attached hydrogens (tertiary/aromatic N) is 3. The fourth-order valence-electron chi connectivity index (χ4n) is 4.75. The van der Waals surface area contributed by atoms with Gasteiger partial charge in [-0.05, 0) is 42.5 Å². The van der Waals surface area contributed by atoms with Crippen molar-refractivity contribution < 1.29 is 18.8 Å². The number of aryl methyl sites for hydroxylation is 1. The van der Waals surface area contributed by atoms with Crippen molar-refractivity contribution >= 4 is 17.7 Å². The molecule has 2 aromatic carbocycles. The summed E-state index contributed by atoms with van der Waals surface area (Å²) in [7, 11) is 0. The Labute approximate surface area is 200 Å². The molecule has 2 saturated heterocycles. The molecule has 2 aliphatic heterocycles. The molecule has 7 heteroatoms. The highest BCUT2D eigenvalue weighted by atomic mass is 19.1. The van der Waals surface area contributed by atoms with Crippen LogP contribution in [-0.4, -0.2) is 71.7 Å². The summed E-state index contributed by atoms with van der Waals surface area (Å²) in [5.41, 5.74) is 1.95. The summed E-state index contributed by atoms with van der Waals surface area (Å²) in [4.78, 5) is 43.7. The number of piperidine rings is 1. The molecular weight excluding hydrogens is 433 g/mol. The number of rotatable bonds is 6. The first-order valence-corrected chi connectivity index (χ1v) is 12.1. The first-order chi connectivity index (χ1) is 16.5. The van der Waals surface area contributed by atoms with E-state index >= 15 is 0 Å². The van der Waals surface area contributed by atoms with Crippen molar-refractivity contribution in [3.8, 4) is 0 Å². The van der Waals surface area contributed by atoms with Crippen LogP contribution in [-0.2, 0) is 27.2 Å². The van der Waals surface area contributed by atoms with Crippen LogP contribution in [0.5, 0.6) is 0 Å². The number of hydrogen-bond donors (Lipinski definition) is 0. The van der Waals surface area contributed by atoms with E-state index in [0.29, 0.717) is 58.5 Å².